The predicted octanol–water partition coefficient (Wildman–Crippen LogP) is 2.15. The van der Waals surface area contributed by atoms with Crippen molar-refractivity contribution < 1.29 is 9.90 Å². The minimum absolute atomic E-state index is 0.0775. The summed E-state index contributed by atoms with van der Waals surface area (Å²) < 4.78 is 0. The van der Waals surface area contributed by atoms with E-state index in [1.54, 1.807) is 20.9 Å². The van der Waals surface area contributed by atoms with Crippen molar-refractivity contribution >= 4 is 28.9 Å². The number of fused-ring (bicyclic) bond motifs is 1. The van der Waals surface area contributed by atoms with Crippen LogP contribution in [0.15, 0.2) is 12.1 Å². The molecule has 1 aliphatic rings. The molecule has 0 aromatic heterocycles. The number of nitrogens with one attached hydrogen (secondary N) is 2. The molecule has 116 valence electrons. The molecule has 21 heavy (non-hydrogen) atoms. The van der Waals surface area contributed by atoms with Crippen LogP contribution >= 0.6 is 11.6 Å². The Morgan fingerprint density at radius 3 is 2.67 bits per heavy atom. The maximum atomic E-state index is 11.9. The van der Waals surface area contributed by atoms with E-state index in [1.807, 2.05) is 24.0 Å². The van der Waals surface area contributed by atoms with E-state index in [0.29, 0.717) is 18.1 Å². The highest BCUT2D eigenvalue weighted by Gasteiger charge is 2.31. The summed E-state index contributed by atoms with van der Waals surface area (Å²) >= 11 is 6.39. The number of hydrogen-bond donors (Lipinski definition) is 3. The van der Waals surface area contributed by atoms with Crippen LogP contribution in [0, 0.1) is 0 Å². The molecule has 1 aromatic rings. The van der Waals surface area contributed by atoms with Gasteiger partial charge >= 0.3 is 0 Å². The first-order valence-electron chi connectivity index (χ1n) is 7.05. The van der Waals surface area contributed by atoms with E-state index < -0.39 is 5.60 Å². The van der Waals surface area contributed by atoms with Gasteiger partial charge in [-0.25, -0.2) is 0 Å². The molecule has 1 unspecified atom stereocenters. The molecular formula is C15H22ClN3O2. The fourth-order valence-corrected chi connectivity index (χ4v) is 2.93. The molecule has 0 radical (unpaired) electrons. The number of aliphatic hydroxyl groups is 1. The van der Waals surface area contributed by atoms with E-state index in [9.17, 15) is 9.90 Å². The minimum atomic E-state index is -0.824. The maximum Gasteiger partial charge on any atom is 0.246 e. The molecule has 0 fully saturated rings. The fraction of sp³-hybridized carbons (Fsp3) is 0.533. The molecule has 0 aliphatic carbocycles. The lowest BCUT2D eigenvalue weighted by Gasteiger charge is -2.31. The highest BCUT2D eigenvalue weighted by Crippen LogP contribution is 2.39. The monoisotopic (exact) mass is 311 g/mol. The Bertz CT molecular complexity index is 555. The van der Waals surface area contributed by atoms with Crippen LogP contribution in [-0.2, 0) is 4.79 Å². The van der Waals surface area contributed by atoms with Gasteiger partial charge in [-0.3, -0.25) is 4.79 Å². The van der Waals surface area contributed by atoms with Crippen LogP contribution in [0.3, 0.4) is 0 Å². The van der Waals surface area contributed by atoms with Crippen molar-refractivity contribution in [2.75, 3.05) is 30.4 Å². The summed E-state index contributed by atoms with van der Waals surface area (Å²) in [6.07, 6.45) is 0. The lowest BCUT2D eigenvalue weighted by Crippen LogP contribution is -2.38. The largest absolute Gasteiger partial charge is 0.389 e. The number of amides is 1. The average Bonchev–Trinajstić information content (AvgIpc) is 2.68. The highest BCUT2D eigenvalue weighted by molar-refractivity contribution is 6.33. The van der Waals surface area contributed by atoms with Crippen LogP contribution in [0.25, 0.3) is 0 Å². The average molecular weight is 312 g/mol. The number of benzene rings is 1. The van der Waals surface area contributed by atoms with Crippen molar-refractivity contribution in [1.29, 1.82) is 0 Å². The molecule has 1 amide bonds. The molecule has 1 heterocycles. The summed E-state index contributed by atoms with van der Waals surface area (Å²) in [5, 5.41) is 16.4. The fourth-order valence-electron chi connectivity index (χ4n) is 2.63. The van der Waals surface area contributed by atoms with Gasteiger partial charge < -0.3 is 20.6 Å². The van der Waals surface area contributed by atoms with Gasteiger partial charge in [-0.05, 0) is 40.0 Å². The minimum Gasteiger partial charge on any atom is -0.389 e. The van der Waals surface area contributed by atoms with Gasteiger partial charge in [0.1, 0.15) is 6.04 Å². The lowest BCUT2D eigenvalue weighted by molar-refractivity contribution is -0.117. The van der Waals surface area contributed by atoms with Crippen LogP contribution in [-0.4, -0.2) is 36.8 Å². The van der Waals surface area contributed by atoms with Gasteiger partial charge in [0.2, 0.25) is 5.91 Å². The normalized spacial score (nSPS) is 17.6. The Hall–Kier alpha value is -1.30. The van der Waals surface area contributed by atoms with Gasteiger partial charge in [0.15, 0.2) is 0 Å². The second kappa shape index (κ2) is 5.83. The SMILES string of the molecule is CCN(CC(C)(C)O)c1cc2c(cc1Cl)C(NC)C(=O)N2. The molecule has 3 N–H and O–H groups in total. The van der Waals surface area contributed by atoms with E-state index in [2.05, 4.69) is 10.6 Å². The van der Waals surface area contributed by atoms with Crippen molar-refractivity contribution in [2.24, 2.45) is 0 Å². The molecule has 0 spiro atoms. The van der Waals surface area contributed by atoms with Crippen molar-refractivity contribution in [3.8, 4) is 0 Å². The third-order valence-electron chi connectivity index (χ3n) is 3.54. The predicted molar refractivity (Wildman–Crippen MR) is 86.1 cm³/mol. The van der Waals surface area contributed by atoms with E-state index in [1.165, 1.54) is 0 Å². The zero-order valence-electron chi connectivity index (χ0n) is 12.8. The van der Waals surface area contributed by atoms with Gasteiger partial charge in [-0.15, -0.1) is 0 Å². The zero-order chi connectivity index (χ0) is 15.8. The quantitative estimate of drug-likeness (QED) is 0.779. The number of likely N-dealkylation sites (N-methyl/N-ethyl adjacent to an activating group) is 2. The first kappa shape index (κ1) is 16.1. The van der Waals surface area contributed by atoms with E-state index >= 15 is 0 Å². The van der Waals surface area contributed by atoms with E-state index in [-0.39, 0.29) is 11.9 Å². The molecule has 1 aromatic carbocycles. The Balaban J connectivity index is 2.39. The van der Waals surface area contributed by atoms with Crippen molar-refractivity contribution in [1.82, 2.24) is 5.32 Å². The van der Waals surface area contributed by atoms with Crippen molar-refractivity contribution in [2.45, 2.75) is 32.4 Å². The molecular weight excluding hydrogens is 290 g/mol. The molecule has 0 saturated carbocycles. The lowest BCUT2D eigenvalue weighted by atomic mass is 10.1. The second-order valence-corrected chi connectivity index (χ2v) is 6.34. The topological polar surface area (TPSA) is 64.6 Å². The van der Waals surface area contributed by atoms with Crippen LogP contribution in [0.1, 0.15) is 32.4 Å². The number of carbonyl (C=O) groups is 1. The molecule has 5 nitrogen and oxygen atoms in total. The highest BCUT2D eigenvalue weighted by atomic mass is 35.5. The first-order valence-corrected chi connectivity index (χ1v) is 7.43. The van der Waals surface area contributed by atoms with Crippen molar-refractivity contribution in [3.63, 3.8) is 0 Å². The van der Waals surface area contributed by atoms with Gasteiger partial charge in [0.05, 0.1) is 16.3 Å². The number of nitrogens with zero attached hydrogens (tertiary/aromatic N) is 1. The van der Waals surface area contributed by atoms with Crippen LogP contribution < -0.4 is 15.5 Å². The van der Waals surface area contributed by atoms with Crippen LogP contribution in [0.4, 0.5) is 11.4 Å². The van der Waals surface area contributed by atoms with Gasteiger partial charge in [0, 0.05) is 24.3 Å². The van der Waals surface area contributed by atoms with Crippen LogP contribution in [0.5, 0.6) is 0 Å². The molecule has 6 heteroatoms. The van der Waals surface area contributed by atoms with Gasteiger partial charge in [-0.2, -0.15) is 0 Å². The molecule has 1 aliphatic heterocycles. The van der Waals surface area contributed by atoms with Gasteiger partial charge in [0.25, 0.3) is 0 Å². The standard InChI is InChI=1S/C15H22ClN3O2/c1-5-19(8-15(2,3)21)12-7-11-9(6-10(12)16)13(17-4)14(20)18-11/h6-7,13,17,21H,5,8H2,1-4H3,(H,18,20). The first-order chi connectivity index (χ1) is 9.76. The Morgan fingerprint density at radius 2 is 2.14 bits per heavy atom. The summed E-state index contributed by atoms with van der Waals surface area (Å²) in [5.41, 5.74) is 1.62. The Labute approximate surface area is 130 Å². The van der Waals surface area contributed by atoms with Gasteiger partial charge in [-0.1, -0.05) is 11.6 Å². The molecule has 1 atom stereocenters. The number of carbonyl (C=O) groups excluding carboxylic acids is 1. The van der Waals surface area contributed by atoms with Crippen molar-refractivity contribution in [3.05, 3.63) is 22.7 Å². The number of anilines is 2. The summed E-state index contributed by atoms with van der Waals surface area (Å²) in [6.45, 7) is 6.70. The summed E-state index contributed by atoms with van der Waals surface area (Å²) in [5.74, 6) is -0.0775. The second-order valence-electron chi connectivity index (χ2n) is 5.93. The summed E-state index contributed by atoms with van der Waals surface area (Å²) in [6, 6.07) is 3.33. The number of hydrogen-bond acceptors (Lipinski definition) is 4. The van der Waals surface area contributed by atoms with E-state index in [0.717, 1.165) is 16.9 Å². The number of rotatable bonds is 5. The summed E-state index contributed by atoms with van der Waals surface area (Å²) in [7, 11) is 1.74. The molecule has 0 saturated heterocycles. The zero-order valence-corrected chi connectivity index (χ0v) is 13.6. The summed E-state index contributed by atoms with van der Waals surface area (Å²) in [4.78, 5) is 13.9. The number of halogens is 1. The third-order valence-corrected chi connectivity index (χ3v) is 3.84. The molecule has 2 rings (SSSR count). The third kappa shape index (κ3) is 3.31. The van der Waals surface area contributed by atoms with Crippen LogP contribution in [0.2, 0.25) is 5.02 Å². The maximum absolute atomic E-state index is 11.9. The Kier molecular flexibility index (Phi) is 4.46. The smallest absolute Gasteiger partial charge is 0.246 e. The van der Waals surface area contributed by atoms with E-state index in [4.69, 9.17) is 11.6 Å². The Morgan fingerprint density at radius 1 is 1.48 bits per heavy atom. The molecule has 0 bridgehead atoms.